The first-order chi connectivity index (χ1) is 14.2. The first kappa shape index (κ1) is 24.0. The smallest absolute Gasteiger partial charge is 0.365 e. The number of nitrogens with one attached hydrogen (secondary N) is 2. The number of fused-ring (bicyclic) bond motifs is 1. The van der Waals surface area contributed by atoms with Gasteiger partial charge in [-0.3, -0.25) is 0 Å². The summed E-state index contributed by atoms with van der Waals surface area (Å²) in [6.45, 7) is 9.53. The molecule has 2 rings (SSSR count). The summed E-state index contributed by atoms with van der Waals surface area (Å²) >= 11 is 0. The summed E-state index contributed by atoms with van der Waals surface area (Å²) in [5.74, 6) is 0.671. The van der Waals surface area contributed by atoms with Crippen LogP contribution in [0.15, 0.2) is 29.3 Å². The molecule has 0 amide bonds. The van der Waals surface area contributed by atoms with Crippen molar-refractivity contribution in [3.63, 3.8) is 0 Å². The van der Waals surface area contributed by atoms with Crippen LogP contribution < -0.4 is 16.4 Å². The van der Waals surface area contributed by atoms with Gasteiger partial charge in [-0.25, -0.2) is 9.37 Å². The number of aliphatic imine (C=N–C) groups is 1. The maximum atomic E-state index is 13.7. The predicted octanol–water partition coefficient (Wildman–Crippen LogP) is 2.60. The van der Waals surface area contributed by atoms with Gasteiger partial charge < -0.3 is 26.2 Å². The number of hydrogen-bond acceptors (Lipinski definition) is 6. The van der Waals surface area contributed by atoms with E-state index in [9.17, 15) is 4.39 Å². The lowest BCUT2D eigenvalue weighted by atomic mass is 10.1. The Morgan fingerprint density at radius 3 is 2.60 bits per heavy atom. The van der Waals surface area contributed by atoms with Crippen molar-refractivity contribution in [3.05, 3.63) is 35.6 Å². The van der Waals surface area contributed by atoms with Gasteiger partial charge in [0.1, 0.15) is 23.4 Å². The highest BCUT2D eigenvalue weighted by Gasteiger charge is 2.22. The third kappa shape index (κ3) is 6.62. The molecule has 1 unspecified atom stereocenters. The van der Waals surface area contributed by atoms with E-state index >= 15 is 0 Å². The van der Waals surface area contributed by atoms with Gasteiger partial charge in [0.05, 0.1) is 11.6 Å². The minimum atomic E-state index is -0.509. The average Bonchev–Trinajstić information content (AvgIpc) is 2.68. The van der Waals surface area contributed by atoms with Crippen molar-refractivity contribution in [3.8, 4) is 0 Å². The van der Waals surface area contributed by atoms with Crippen LogP contribution in [-0.4, -0.2) is 54.5 Å². The van der Waals surface area contributed by atoms with Gasteiger partial charge in [-0.05, 0) is 44.0 Å². The van der Waals surface area contributed by atoms with E-state index < -0.39 is 6.17 Å². The summed E-state index contributed by atoms with van der Waals surface area (Å²) in [6, 6.07) is 6.35. The number of pyridine rings is 1. The molecule has 0 saturated carbocycles. The lowest BCUT2D eigenvalue weighted by Crippen LogP contribution is -2.45. The number of aromatic nitrogens is 1. The molecule has 0 saturated heterocycles. The van der Waals surface area contributed by atoms with E-state index in [1.807, 2.05) is 0 Å². The first-order valence-corrected chi connectivity index (χ1v) is 10.4. The van der Waals surface area contributed by atoms with Crippen molar-refractivity contribution in [2.45, 2.75) is 52.4 Å². The Kier molecular flexibility index (Phi) is 8.95. The third-order valence-corrected chi connectivity index (χ3v) is 4.82. The summed E-state index contributed by atoms with van der Waals surface area (Å²) in [5, 5.41) is 15.9. The van der Waals surface area contributed by atoms with Crippen LogP contribution in [0.4, 0.5) is 10.2 Å². The van der Waals surface area contributed by atoms with Gasteiger partial charge >= 0.3 is 5.90 Å². The normalized spacial score (nSPS) is 15.4. The Morgan fingerprint density at radius 2 is 2.00 bits per heavy atom. The van der Waals surface area contributed by atoms with Crippen molar-refractivity contribution in [2.75, 3.05) is 25.5 Å². The van der Waals surface area contributed by atoms with E-state index in [1.54, 1.807) is 26.2 Å². The van der Waals surface area contributed by atoms with Crippen molar-refractivity contribution in [1.82, 2.24) is 10.3 Å². The molecule has 30 heavy (non-hydrogen) atoms. The molecule has 166 valence electrons. The van der Waals surface area contributed by atoms with Crippen molar-refractivity contribution in [2.24, 2.45) is 16.6 Å². The van der Waals surface area contributed by atoms with Crippen LogP contribution in [-0.2, 0) is 4.74 Å². The highest BCUT2D eigenvalue weighted by atomic mass is 19.1. The largest absolute Gasteiger partial charge is 0.578 e. The van der Waals surface area contributed by atoms with Crippen molar-refractivity contribution < 1.29 is 14.2 Å². The van der Waals surface area contributed by atoms with Gasteiger partial charge in [-0.15, -0.1) is 0 Å². The molecule has 8 heteroatoms. The monoisotopic (exact) mass is 420 g/mol. The molecule has 7 nitrogen and oxygen atoms in total. The zero-order chi connectivity index (χ0) is 22.3. The second-order valence-corrected chi connectivity index (χ2v) is 7.91. The van der Waals surface area contributed by atoms with Gasteiger partial charge in [0.15, 0.2) is 0 Å². The van der Waals surface area contributed by atoms with E-state index in [-0.39, 0.29) is 23.9 Å². The van der Waals surface area contributed by atoms with Gasteiger partial charge in [0, 0.05) is 31.1 Å². The average molecular weight is 421 g/mol. The van der Waals surface area contributed by atoms with Crippen LogP contribution in [0.2, 0.25) is 0 Å². The molecule has 3 atom stereocenters. The number of anilines is 1. The molecule has 2 aromatic rings. The van der Waals surface area contributed by atoms with Crippen LogP contribution in [0.3, 0.4) is 0 Å². The zero-order valence-corrected chi connectivity index (χ0v) is 18.5. The van der Waals surface area contributed by atoms with Crippen LogP contribution >= 0.6 is 0 Å². The number of rotatable bonds is 11. The summed E-state index contributed by atoms with van der Waals surface area (Å²) in [7, 11) is 1.68. The molecule has 1 heterocycles. The zero-order valence-electron chi connectivity index (χ0n) is 18.5. The number of benzene rings is 1. The lowest BCUT2D eigenvalue weighted by molar-refractivity contribution is 0.0757. The van der Waals surface area contributed by atoms with Crippen LogP contribution in [0.1, 0.15) is 39.7 Å². The fourth-order valence-corrected chi connectivity index (χ4v) is 3.24. The van der Waals surface area contributed by atoms with Gasteiger partial charge in [0.25, 0.3) is 0 Å². The molecule has 0 fully saturated rings. The molecule has 1 aromatic heterocycles. The molecule has 0 spiro atoms. The van der Waals surface area contributed by atoms with E-state index in [0.29, 0.717) is 29.4 Å². The number of hydrogen-bond donors (Lipinski definition) is 3. The summed E-state index contributed by atoms with van der Waals surface area (Å²) in [5.41, 5.74) is 6.77. The molecule has 0 aliphatic heterocycles. The summed E-state index contributed by atoms with van der Waals surface area (Å²) < 4.78 is 19.4. The van der Waals surface area contributed by atoms with E-state index in [1.165, 1.54) is 12.1 Å². The second kappa shape index (κ2) is 11.2. The molecular formula is C22H35FN5O2+. The van der Waals surface area contributed by atoms with Crippen LogP contribution in [0.5, 0.6) is 0 Å². The number of ether oxygens (including phenoxy) is 1. The highest BCUT2D eigenvalue weighted by molar-refractivity contribution is 6.01. The molecule has 0 radical (unpaired) electrons. The topological polar surface area (TPSA) is 107 Å². The van der Waals surface area contributed by atoms with Gasteiger partial charge in [-0.2, -0.15) is 4.99 Å². The van der Waals surface area contributed by atoms with Crippen molar-refractivity contribution in [1.29, 1.82) is 0 Å². The fourth-order valence-electron chi connectivity index (χ4n) is 3.24. The molecule has 0 aliphatic carbocycles. The van der Waals surface area contributed by atoms with E-state index in [0.717, 1.165) is 18.4 Å². The maximum absolute atomic E-state index is 13.7. The van der Waals surface area contributed by atoms with Gasteiger partial charge in [0.2, 0.25) is 0 Å². The van der Waals surface area contributed by atoms with Gasteiger partial charge in [-0.1, -0.05) is 20.8 Å². The number of methoxy groups -OCH3 is 1. The summed E-state index contributed by atoms with van der Waals surface area (Å²) in [6.07, 6.45) is 0.295. The van der Waals surface area contributed by atoms with E-state index in [2.05, 4.69) is 41.4 Å². The third-order valence-electron chi connectivity index (χ3n) is 4.82. The predicted molar refractivity (Wildman–Crippen MR) is 122 cm³/mol. The van der Waals surface area contributed by atoms with Crippen LogP contribution in [0.25, 0.3) is 10.9 Å². The summed E-state index contributed by atoms with van der Waals surface area (Å²) in [4.78, 5) is 8.70. The fraction of sp³-hybridized carbons (Fsp3) is 0.545. The van der Waals surface area contributed by atoms with Crippen LogP contribution in [0, 0.1) is 11.7 Å². The molecule has 0 aliphatic rings. The minimum Gasteiger partial charge on any atom is -0.578 e. The molecule has 1 aromatic carbocycles. The Balaban J connectivity index is 2.33. The second-order valence-electron chi connectivity index (χ2n) is 7.91. The van der Waals surface area contributed by atoms with Crippen molar-refractivity contribution >= 4 is 22.6 Å². The first-order valence-electron chi connectivity index (χ1n) is 10.4. The highest BCUT2D eigenvalue weighted by Crippen LogP contribution is 2.22. The Hall–Kier alpha value is -2.29. The Morgan fingerprint density at radius 1 is 1.27 bits per heavy atom. The molecule has 0 bridgehead atoms. The van der Waals surface area contributed by atoms with E-state index in [4.69, 9.17) is 15.6 Å². The number of halogens is 1. The minimum absolute atomic E-state index is 0.0326. The Labute approximate surface area is 177 Å². The lowest BCUT2D eigenvalue weighted by Gasteiger charge is -2.27. The quantitative estimate of drug-likeness (QED) is 0.294. The number of nitrogens with two attached hydrogens (primary N) is 1. The number of nitrogens with zero attached hydrogens (tertiary/aromatic N) is 2. The standard InChI is InChI=1S/C22H34FN5O2/c1-6-18(25-11-13(2)3)20(30-5)12-26-21-17(22(29)27-14(4)24)9-15-7-8-16(23)10-19(15)28-21/h7-10,13-14,18,20,25H,6,11-12,24H2,1-5H3,(H,26,28)(H,27,29)/p+1/t14?,18-,20+/m1/s1. The Bertz CT molecular complexity index is 857. The molecule has 6 N–H and O–H groups in total. The SMILES string of the molecule is CC[C@@H](NCC(C)C)[C@H](CNc1nc2cc(F)ccc2cc1/C([OH2+])=N/C(C)N)OC. The molecular weight excluding hydrogens is 385 g/mol. The maximum Gasteiger partial charge on any atom is 0.365 e.